The van der Waals surface area contributed by atoms with Crippen LogP contribution in [-0.4, -0.2) is 5.78 Å². The first kappa shape index (κ1) is 11.5. The summed E-state index contributed by atoms with van der Waals surface area (Å²) < 4.78 is 0. The number of carbonyl (C=O) groups is 1. The number of hydrogen-bond donors (Lipinski definition) is 0. The lowest BCUT2D eigenvalue weighted by Gasteiger charge is -2.40. The van der Waals surface area contributed by atoms with Gasteiger partial charge in [-0.05, 0) is 36.3 Å². The van der Waals surface area contributed by atoms with Crippen molar-refractivity contribution in [3.63, 3.8) is 0 Å². The molecule has 2 heteroatoms. The first-order chi connectivity index (χ1) is 9.72. The Kier molecular flexibility index (Phi) is 2.19. The molecule has 2 aliphatic rings. The second-order valence-corrected chi connectivity index (χ2v) is 5.58. The van der Waals surface area contributed by atoms with Gasteiger partial charge in [0.1, 0.15) is 6.04 Å². The van der Waals surface area contributed by atoms with E-state index in [1.807, 2.05) is 36.4 Å². The Morgan fingerprint density at radius 3 is 2.50 bits per heavy atom. The van der Waals surface area contributed by atoms with Crippen LogP contribution in [0.25, 0.3) is 0 Å². The van der Waals surface area contributed by atoms with E-state index in [9.17, 15) is 4.79 Å². The first-order valence-electron chi connectivity index (χ1n) is 6.89. The molecule has 2 aromatic carbocycles. The number of carbonyl (C=O) groups excluding carboxylic acids is 1. The molecule has 0 radical (unpaired) electrons. The molecule has 4 rings (SSSR count). The fourth-order valence-electron chi connectivity index (χ4n) is 3.53. The Hall–Kier alpha value is -2.35. The van der Waals surface area contributed by atoms with Gasteiger partial charge in [-0.1, -0.05) is 48.5 Å². The Morgan fingerprint density at radius 1 is 1.00 bits per heavy atom. The molecule has 2 aromatic rings. The third-order valence-electron chi connectivity index (χ3n) is 4.44. The Bertz CT molecular complexity index is 719. The first-order valence-corrected chi connectivity index (χ1v) is 6.89. The quantitative estimate of drug-likeness (QED) is 0.781. The Balaban J connectivity index is 2.00. The van der Waals surface area contributed by atoms with Gasteiger partial charge in [0.25, 0.3) is 0 Å². The zero-order valence-corrected chi connectivity index (χ0v) is 11.3. The molecule has 0 aliphatic carbocycles. The molecule has 2 aliphatic heterocycles. The number of nitrogens with zero attached hydrogens (tertiary/aromatic N) is 1. The van der Waals surface area contributed by atoms with Crippen LogP contribution in [0.2, 0.25) is 0 Å². The number of ketones is 1. The van der Waals surface area contributed by atoms with Crippen molar-refractivity contribution in [2.24, 2.45) is 0 Å². The van der Waals surface area contributed by atoms with E-state index >= 15 is 0 Å². The third-order valence-corrected chi connectivity index (χ3v) is 4.44. The summed E-state index contributed by atoms with van der Waals surface area (Å²) in [5, 5.41) is 0. The number of benzene rings is 2. The van der Waals surface area contributed by atoms with Gasteiger partial charge in [-0.2, -0.15) is 0 Å². The molecule has 0 saturated heterocycles. The minimum Gasteiger partial charge on any atom is -0.344 e. The van der Waals surface area contributed by atoms with Crippen LogP contribution in [0.3, 0.4) is 0 Å². The smallest absolute Gasteiger partial charge is 0.182 e. The topological polar surface area (TPSA) is 20.3 Å². The largest absolute Gasteiger partial charge is 0.344 e. The van der Waals surface area contributed by atoms with E-state index < -0.39 is 0 Å². The molecule has 0 N–H and O–H groups in total. The van der Waals surface area contributed by atoms with E-state index in [4.69, 9.17) is 0 Å². The van der Waals surface area contributed by atoms with Crippen LogP contribution in [-0.2, 0) is 10.3 Å². The average molecular weight is 261 g/mol. The lowest BCUT2D eigenvalue weighted by atomic mass is 9.91. The summed E-state index contributed by atoms with van der Waals surface area (Å²) in [5.74, 6) is 0.163. The lowest BCUT2D eigenvalue weighted by Crippen LogP contribution is -2.43. The third kappa shape index (κ3) is 1.31. The van der Waals surface area contributed by atoms with Crippen molar-refractivity contribution < 1.29 is 4.79 Å². The average Bonchev–Trinajstić information content (AvgIpc) is 2.70. The summed E-state index contributed by atoms with van der Waals surface area (Å²) in [6.07, 6.45) is 3.77. The van der Waals surface area contributed by atoms with Gasteiger partial charge in [-0.15, -0.1) is 0 Å². The van der Waals surface area contributed by atoms with Gasteiger partial charge < -0.3 is 4.90 Å². The van der Waals surface area contributed by atoms with Gasteiger partial charge in [0, 0.05) is 5.69 Å². The van der Waals surface area contributed by atoms with Crippen LogP contribution in [0.1, 0.15) is 24.1 Å². The van der Waals surface area contributed by atoms with Crippen LogP contribution in [0.15, 0.2) is 66.7 Å². The van der Waals surface area contributed by atoms with Gasteiger partial charge in [-0.3, -0.25) is 4.79 Å². The monoisotopic (exact) mass is 261 g/mol. The highest BCUT2D eigenvalue weighted by Crippen LogP contribution is 2.51. The summed E-state index contributed by atoms with van der Waals surface area (Å²) in [5.41, 5.74) is 3.22. The molecule has 0 aromatic heterocycles. The molecule has 2 unspecified atom stereocenters. The zero-order valence-electron chi connectivity index (χ0n) is 11.3. The number of para-hydroxylation sites is 1. The SMILES string of the molecule is CC12C=CC(=O)C(c3ccccc31)N2c1ccccc1. The molecule has 20 heavy (non-hydrogen) atoms. The highest BCUT2D eigenvalue weighted by molar-refractivity contribution is 6.01. The second-order valence-electron chi connectivity index (χ2n) is 5.58. The molecular weight excluding hydrogens is 246 g/mol. The fraction of sp³-hybridized carbons (Fsp3) is 0.167. The summed E-state index contributed by atoms with van der Waals surface area (Å²) in [6.45, 7) is 2.18. The fourth-order valence-corrected chi connectivity index (χ4v) is 3.53. The standard InChI is InChI=1S/C18H15NO/c1-18-12-11-16(20)17(14-9-5-6-10-15(14)18)19(18)13-7-3-2-4-8-13/h2-12,17H,1H3. The number of fused-ring (bicyclic) bond motifs is 5. The van der Waals surface area contributed by atoms with Gasteiger partial charge in [0.05, 0.1) is 5.54 Å². The minimum absolute atomic E-state index is 0.163. The van der Waals surface area contributed by atoms with Crippen LogP contribution >= 0.6 is 0 Å². The molecule has 0 amide bonds. The lowest BCUT2D eigenvalue weighted by molar-refractivity contribution is -0.116. The molecule has 98 valence electrons. The van der Waals surface area contributed by atoms with Gasteiger partial charge in [-0.25, -0.2) is 0 Å². The summed E-state index contributed by atoms with van der Waals surface area (Å²) in [6, 6.07) is 18.3. The van der Waals surface area contributed by atoms with Crippen molar-refractivity contribution in [2.75, 3.05) is 4.90 Å². The molecule has 2 heterocycles. The van der Waals surface area contributed by atoms with Crippen molar-refractivity contribution in [3.05, 3.63) is 77.9 Å². The maximum Gasteiger partial charge on any atom is 0.182 e. The molecule has 0 saturated carbocycles. The van der Waals surface area contributed by atoms with E-state index in [-0.39, 0.29) is 17.4 Å². The molecule has 2 nitrogen and oxygen atoms in total. The highest BCUT2D eigenvalue weighted by Gasteiger charge is 2.50. The highest BCUT2D eigenvalue weighted by atomic mass is 16.1. The number of rotatable bonds is 1. The maximum atomic E-state index is 12.4. The molecule has 0 spiro atoms. The Labute approximate surface area is 118 Å². The van der Waals surface area contributed by atoms with E-state index in [2.05, 4.69) is 36.1 Å². The predicted octanol–water partition coefficient (Wildman–Crippen LogP) is 3.60. The zero-order chi connectivity index (χ0) is 13.7. The second kappa shape index (κ2) is 3.83. The summed E-state index contributed by atoms with van der Waals surface area (Å²) >= 11 is 0. The maximum absolute atomic E-state index is 12.4. The summed E-state index contributed by atoms with van der Waals surface area (Å²) in [7, 11) is 0. The molecule has 0 fully saturated rings. The van der Waals surface area contributed by atoms with E-state index in [1.54, 1.807) is 6.08 Å². The molecule has 2 atom stereocenters. The van der Waals surface area contributed by atoms with Crippen molar-refractivity contribution in [2.45, 2.75) is 18.5 Å². The van der Waals surface area contributed by atoms with Crippen molar-refractivity contribution >= 4 is 11.5 Å². The van der Waals surface area contributed by atoms with Crippen LogP contribution in [0.5, 0.6) is 0 Å². The van der Waals surface area contributed by atoms with Gasteiger partial charge in [0.2, 0.25) is 0 Å². The predicted molar refractivity (Wildman–Crippen MR) is 79.6 cm³/mol. The van der Waals surface area contributed by atoms with Crippen LogP contribution in [0, 0.1) is 0 Å². The van der Waals surface area contributed by atoms with E-state index in [1.165, 1.54) is 5.56 Å². The number of anilines is 1. The van der Waals surface area contributed by atoms with Crippen molar-refractivity contribution in [3.8, 4) is 0 Å². The van der Waals surface area contributed by atoms with Gasteiger partial charge in [0.15, 0.2) is 5.78 Å². The van der Waals surface area contributed by atoms with Crippen molar-refractivity contribution in [1.82, 2.24) is 0 Å². The van der Waals surface area contributed by atoms with Crippen LogP contribution in [0.4, 0.5) is 5.69 Å². The van der Waals surface area contributed by atoms with Crippen molar-refractivity contribution in [1.29, 1.82) is 0 Å². The van der Waals surface area contributed by atoms with Gasteiger partial charge >= 0.3 is 0 Å². The molecule has 2 bridgehead atoms. The van der Waals surface area contributed by atoms with E-state index in [0.717, 1.165) is 11.3 Å². The number of hydrogen-bond acceptors (Lipinski definition) is 2. The normalized spacial score (nSPS) is 26.8. The molecular formula is C18H15NO. The summed E-state index contributed by atoms with van der Waals surface area (Å²) in [4.78, 5) is 14.6. The minimum atomic E-state index is -0.240. The Morgan fingerprint density at radius 2 is 1.70 bits per heavy atom. The van der Waals surface area contributed by atoms with Crippen LogP contribution < -0.4 is 4.90 Å². The van der Waals surface area contributed by atoms with E-state index in [0.29, 0.717) is 0 Å².